The average molecular weight is 305 g/mol. The van der Waals surface area contributed by atoms with E-state index in [1.165, 1.54) is 12.3 Å². The van der Waals surface area contributed by atoms with Crippen LogP contribution >= 0.6 is 0 Å². The van der Waals surface area contributed by atoms with E-state index in [9.17, 15) is 8.42 Å². The Kier molecular flexibility index (Phi) is 5.06. The average Bonchev–Trinajstić information content (AvgIpc) is 2.47. The van der Waals surface area contributed by atoms with E-state index in [4.69, 9.17) is 5.73 Å². The number of sulfonamides is 1. The van der Waals surface area contributed by atoms with E-state index in [2.05, 4.69) is 9.71 Å². The molecule has 0 spiro atoms. The molecule has 0 aliphatic heterocycles. The lowest BCUT2D eigenvalue weighted by Crippen LogP contribution is -2.26. The summed E-state index contributed by atoms with van der Waals surface area (Å²) in [5.41, 5.74) is 8.52. The van der Waals surface area contributed by atoms with Crippen LogP contribution in [0.3, 0.4) is 0 Å². The van der Waals surface area contributed by atoms with Crippen LogP contribution in [0.2, 0.25) is 0 Å². The lowest BCUT2D eigenvalue weighted by molar-refractivity contribution is 0.577. The zero-order valence-corrected chi connectivity index (χ0v) is 12.7. The third kappa shape index (κ3) is 4.35. The zero-order valence-electron chi connectivity index (χ0n) is 11.9. The van der Waals surface area contributed by atoms with Crippen LogP contribution in [0.15, 0.2) is 47.6 Å². The molecule has 1 heterocycles. The van der Waals surface area contributed by atoms with Gasteiger partial charge in [0.05, 0.1) is 0 Å². The zero-order chi connectivity index (χ0) is 15.3. The lowest BCUT2D eigenvalue weighted by Gasteiger charge is -2.07. The Morgan fingerprint density at radius 3 is 2.62 bits per heavy atom. The molecule has 0 bridgehead atoms. The lowest BCUT2D eigenvalue weighted by atomic mass is 10.1. The summed E-state index contributed by atoms with van der Waals surface area (Å²) in [6.07, 6.45) is 2.12. The van der Waals surface area contributed by atoms with E-state index in [1.54, 1.807) is 6.07 Å². The van der Waals surface area contributed by atoms with Gasteiger partial charge in [0.25, 0.3) is 10.0 Å². The normalized spacial score (nSPS) is 11.5. The molecule has 5 nitrogen and oxygen atoms in total. The standard InChI is InChI=1S/C15H19N3O2S/c1-12-3-2-4-13(9-12)7-8-18-21(19,20)15-6-5-14(10-16)11-17-15/h2-6,9,11,18H,7-8,10,16H2,1H3. The molecule has 0 saturated carbocycles. The quantitative estimate of drug-likeness (QED) is 0.844. The van der Waals surface area contributed by atoms with Crippen molar-refractivity contribution in [2.75, 3.05) is 6.54 Å². The summed E-state index contributed by atoms with van der Waals surface area (Å²) in [6, 6.07) is 11.1. The van der Waals surface area contributed by atoms with E-state index in [0.29, 0.717) is 19.5 Å². The summed E-state index contributed by atoms with van der Waals surface area (Å²) < 4.78 is 26.7. The molecule has 0 fully saturated rings. The van der Waals surface area contributed by atoms with Crippen LogP contribution in [0.5, 0.6) is 0 Å². The van der Waals surface area contributed by atoms with E-state index < -0.39 is 10.0 Å². The van der Waals surface area contributed by atoms with Crippen molar-refractivity contribution in [1.29, 1.82) is 0 Å². The molecule has 21 heavy (non-hydrogen) atoms. The van der Waals surface area contributed by atoms with Crippen LogP contribution in [-0.2, 0) is 23.0 Å². The third-order valence-corrected chi connectivity index (χ3v) is 4.47. The van der Waals surface area contributed by atoms with E-state index in [0.717, 1.165) is 16.7 Å². The molecule has 0 amide bonds. The fraction of sp³-hybridized carbons (Fsp3) is 0.267. The summed E-state index contributed by atoms with van der Waals surface area (Å²) >= 11 is 0. The highest BCUT2D eigenvalue weighted by molar-refractivity contribution is 7.89. The summed E-state index contributed by atoms with van der Waals surface area (Å²) in [6.45, 7) is 2.69. The second-order valence-electron chi connectivity index (χ2n) is 4.85. The van der Waals surface area contributed by atoms with Crippen molar-refractivity contribution < 1.29 is 8.42 Å². The Morgan fingerprint density at radius 1 is 1.19 bits per heavy atom. The molecule has 0 aliphatic carbocycles. The van der Waals surface area contributed by atoms with Crippen molar-refractivity contribution in [1.82, 2.24) is 9.71 Å². The number of aromatic nitrogens is 1. The highest BCUT2D eigenvalue weighted by Gasteiger charge is 2.14. The Bertz CT molecular complexity index is 697. The molecule has 3 N–H and O–H groups in total. The Labute approximate surface area is 125 Å². The van der Waals surface area contributed by atoms with Crippen LogP contribution in [0.4, 0.5) is 0 Å². The van der Waals surface area contributed by atoms with Gasteiger partial charge in [0.2, 0.25) is 0 Å². The van der Waals surface area contributed by atoms with Crippen molar-refractivity contribution in [3.63, 3.8) is 0 Å². The van der Waals surface area contributed by atoms with Gasteiger partial charge >= 0.3 is 0 Å². The maximum atomic E-state index is 12.1. The van der Waals surface area contributed by atoms with Crippen LogP contribution in [-0.4, -0.2) is 19.9 Å². The number of pyridine rings is 1. The van der Waals surface area contributed by atoms with Gasteiger partial charge in [-0.1, -0.05) is 35.9 Å². The summed E-state index contributed by atoms with van der Waals surface area (Å²) in [4.78, 5) is 3.93. The Balaban J connectivity index is 1.97. The number of nitrogens with one attached hydrogen (secondary N) is 1. The van der Waals surface area contributed by atoms with Gasteiger partial charge in [-0.3, -0.25) is 0 Å². The van der Waals surface area contributed by atoms with Gasteiger partial charge in [-0.15, -0.1) is 0 Å². The molecular formula is C15H19N3O2S. The van der Waals surface area contributed by atoms with Crippen molar-refractivity contribution in [3.05, 3.63) is 59.3 Å². The minimum Gasteiger partial charge on any atom is -0.326 e. The molecule has 0 unspecified atom stereocenters. The monoisotopic (exact) mass is 305 g/mol. The van der Waals surface area contributed by atoms with Gasteiger partial charge in [-0.2, -0.15) is 0 Å². The molecule has 6 heteroatoms. The first kappa shape index (κ1) is 15.6. The first-order valence-electron chi connectivity index (χ1n) is 6.71. The maximum absolute atomic E-state index is 12.1. The van der Waals surface area contributed by atoms with Crippen LogP contribution in [0, 0.1) is 6.92 Å². The molecule has 1 aromatic heterocycles. The first-order chi connectivity index (χ1) is 10.0. The number of benzene rings is 1. The topological polar surface area (TPSA) is 85.1 Å². The molecule has 112 valence electrons. The molecular weight excluding hydrogens is 286 g/mol. The molecule has 2 aromatic rings. The fourth-order valence-electron chi connectivity index (χ4n) is 1.96. The van der Waals surface area contributed by atoms with Gasteiger partial charge in [0, 0.05) is 19.3 Å². The molecule has 0 saturated heterocycles. The van der Waals surface area contributed by atoms with Gasteiger partial charge in [0.1, 0.15) is 0 Å². The minimum atomic E-state index is -3.57. The van der Waals surface area contributed by atoms with Crippen molar-refractivity contribution in [2.45, 2.75) is 24.9 Å². The minimum absolute atomic E-state index is 0.0175. The molecule has 0 radical (unpaired) electrons. The van der Waals surface area contributed by atoms with Crippen molar-refractivity contribution >= 4 is 10.0 Å². The Morgan fingerprint density at radius 2 is 2.00 bits per heavy atom. The third-order valence-electron chi connectivity index (χ3n) is 3.10. The van der Waals surface area contributed by atoms with Gasteiger partial charge in [-0.05, 0) is 30.5 Å². The first-order valence-corrected chi connectivity index (χ1v) is 8.20. The molecule has 1 aromatic carbocycles. The number of aryl methyl sites for hydroxylation is 1. The smallest absolute Gasteiger partial charge is 0.258 e. The number of rotatable bonds is 6. The van der Waals surface area contributed by atoms with E-state index in [1.807, 2.05) is 31.2 Å². The second kappa shape index (κ2) is 6.80. The molecule has 0 atom stereocenters. The number of hydrogen-bond acceptors (Lipinski definition) is 4. The molecule has 0 aliphatic rings. The Hall–Kier alpha value is -1.76. The number of nitrogens with two attached hydrogens (primary N) is 1. The number of nitrogens with zero attached hydrogens (tertiary/aromatic N) is 1. The fourth-order valence-corrected chi connectivity index (χ4v) is 2.92. The summed E-state index contributed by atoms with van der Waals surface area (Å²) in [7, 11) is -3.57. The molecule has 2 rings (SSSR count). The van der Waals surface area contributed by atoms with Crippen molar-refractivity contribution in [2.24, 2.45) is 5.73 Å². The maximum Gasteiger partial charge on any atom is 0.258 e. The highest BCUT2D eigenvalue weighted by atomic mass is 32.2. The summed E-state index contributed by atoms with van der Waals surface area (Å²) in [5, 5.41) is 0.0175. The van der Waals surface area contributed by atoms with E-state index >= 15 is 0 Å². The van der Waals surface area contributed by atoms with Gasteiger partial charge < -0.3 is 5.73 Å². The largest absolute Gasteiger partial charge is 0.326 e. The SMILES string of the molecule is Cc1cccc(CCNS(=O)(=O)c2ccc(CN)cn2)c1. The van der Waals surface area contributed by atoms with Crippen LogP contribution < -0.4 is 10.5 Å². The van der Waals surface area contributed by atoms with Crippen molar-refractivity contribution in [3.8, 4) is 0 Å². The predicted molar refractivity (Wildman–Crippen MR) is 82.2 cm³/mol. The van der Waals surface area contributed by atoms with Gasteiger partial charge in [-0.25, -0.2) is 18.1 Å². The highest BCUT2D eigenvalue weighted by Crippen LogP contribution is 2.07. The van der Waals surface area contributed by atoms with E-state index in [-0.39, 0.29) is 5.03 Å². The number of hydrogen-bond donors (Lipinski definition) is 2. The predicted octanol–water partition coefficient (Wildman–Crippen LogP) is 1.37. The summed E-state index contributed by atoms with van der Waals surface area (Å²) in [5.74, 6) is 0. The van der Waals surface area contributed by atoms with Crippen LogP contribution in [0.1, 0.15) is 16.7 Å². The van der Waals surface area contributed by atoms with Crippen LogP contribution in [0.25, 0.3) is 0 Å². The second-order valence-corrected chi connectivity index (χ2v) is 6.56. The van der Waals surface area contributed by atoms with Gasteiger partial charge in [0.15, 0.2) is 5.03 Å².